The molecule has 2 heterocycles. The van der Waals surface area contributed by atoms with Crippen molar-refractivity contribution in [1.29, 1.82) is 5.26 Å². The van der Waals surface area contributed by atoms with Gasteiger partial charge in [0.05, 0.1) is 17.7 Å². The predicted molar refractivity (Wildman–Crippen MR) is 104 cm³/mol. The van der Waals surface area contributed by atoms with Crippen molar-refractivity contribution in [3.63, 3.8) is 0 Å². The summed E-state index contributed by atoms with van der Waals surface area (Å²) in [4.78, 5) is 24.4. The first-order valence-electron chi connectivity index (χ1n) is 8.89. The van der Waals surface area contributed by atoms with E-state index >= 15 is 0 Å². The van der Waals surface area contributed by atoms with Gasteiger partial charge in [0.15, 0.2) is 0 Å². The molecule has 28 heavy (non-hydrogen) atoms. The maximum Gasteiger partial charge on any atom is 0.355 e. The average molecular weight is 378 g/mol. The lowest BCUT2D eigenvalue weighted by Gasteiger charge is -2.26. The van der Waals surface area contributed by atoms with E-state index in [1.165, 1.54) is 0 Å². The summed E-state index contributed by atoms with van der Waals surface area (Å²) >= 11 is 0. The van der Waals surface area contributed by atoms with Crippen molar-refractivity contribution >= 4 is 12.0 Å². The van der Waals surface area contributed by atoms with Crippen LogP contribution >= 0.6 is 0 Å². The zero-order chi connectivity index (χ0) is 20.5. The number of allylic oxidation sites excluding steroid dienone is 1. The lowest BCUT2D eigenvalue weighted by atomic mass is 9.96. The molecule has 2 N–H and O–H groups in total. The van der Waals surface area contributed by atoms with E-state index in [9.17, 15) is 14.9 Å². The smallest absolute Gasteiger partial charge is 0.355 e. The van der Waals surface area contributed by atoms with Crippen molar-refractivity contribution < 1.29 is 14.3 Å². The zero-order valence-corrected chi connectivity index (χ0v) is 16.2. The van der Waals surface area contributed by atoms with Gasteiger partial charge in [0.1, 0.15) is 11.3 Å². The molecule has 1 aliphatic heterocycles. The second-order valence-corrected chi connectivity index (χ2v) is 7.54. The molecular formula is C21H22N4O3. The summed E-state index contributed by atoms with van der Waals surface area (Å²) in [5.74, 6) is -0.425. The quantitative estimate of drug-likeness (QED) is 0.798. The lowest BCUT2D eigenvalue weighted by molar-refractivity contribution is 0.00606. The van der Waals surface area contributed by atoms with Gasteiger partial charge in [-0.3, -0.25) is 0 Å². The molecule has 3 rings (SSSR count). The standard InChI is InChI=1S/C21H22N4O3/c1-13-16(12-22)18(24-20(27)23-13)14-7-5-8-15(11-14)25-10-6-9-17(25)19(26)28-21(2,3)4/h5-11,18H,1-4H3,(H2,23,24,27). The number of urea groups is 1. The van der Waals surface area contributed by atoms with Crippen LogP contribution in [0.15, 0.2) is 53.9 Å². The fraction of sp³-hybridized carbons (Fsp3) is 0.286. The molecule has 0 aliphatic carbocycles. The minimum Gasteiger partial charge on any atom is -0.455 e. The van der Waals surface area contributed by atoms with Crippen LogP contribution in [0.2, 0.25) is 0 Å². The highest BCUT2D eigenvalue weighted by atomic mass is 16.6. The molecule has 0 saturated heterocycles. The number of nitriles is 1. The average Bonchev–Trinajstić information content (AvgIpc) is 3.10. The highest BCUT2D eigenvalue weighted by molar-refractivity contribution is 5.89. The number of hydrogen-bond donors (Lipinski definition) is 2. The van der Waals surface area contributed by atoms with E-state index in [2.05, 4.69) is 16.7 Å². The zero-order valence-electron chi connectivity index (χ0n) is 16.2. The van der Waals surface area contributed by atoms with Crippen LogP contribution in [0.5, 0.6) is 0 Å². The summed E-state index contributed by atoms with van der Waals surface area (Å²) in [6.45, 7) is 7.14. The van der Waals surface area contributed by atoms with Gasteiger partial charge >= 0.3 is 12.0 Å². The van der Waals surface area contributed by atoms with Crippen molar-refractivity contribution in [2.45, 2.75) is 39.3 Å². The highest BCUT2D eigenvalue weighted by Crippen LogP contribution is 2.28. The van der Waals surface area contributed by atoms with Gasteiger partial charge in [0.25, 0.3) is 0 Å². The third-order valence-corrected chi connectivity index (χ3v) is 4.23. The molecule has 0 fully saturated rings. The van der Waals surface area contributed by atoms with Crippen LogP contribution in [0.3, 0.4) is 0 Å². The summed E-state index contributed by atoms with van der Waals surface area (Å²) in [7, 11) is 0. The Morgan fingerprint density at radius 1 is 1.25 bits per heavy atom. The number of benzene rings is 1. The number of ether oxygens (including phenoxy) is 1. The van der Waals surface area contributed by atoms with E-state index in [1.54, 1.807) is 29.8 Å². The van der Waals surface area contributed by atoms with Crippen LogP contribution in [-0.4, -0.2) is 22.2 Å². The Morgan fingerprint density at radius 2 is 2.00 bits per heavy atom. The Bertz CT molecular complexity index is 1010. The van der Waals surface area contributed by atoms with Gasteiger partial charge in [0, 0.05) is 17.6 Å². The van der Waals surface area contributed by atoms with Crippen LogP contribution in [0.1, 0.15) is 49.8 Å². The Labute approximate surface area is 163 Å². The molecule has 0 saturated carbocycles. The van der Waals surface area contributed by atoms with E-state index in [1.807, 2.05) is 45.0 Å². The number of hydrogen-bond acceptors (Lipinski definition) is 4. The van der Waals surface area contributed by atoms with Gasteiger partial charge in [-0.1, -0.05) is 12.1 Å². The number of carbonyl (C=O) groups excluding carboxylic acids is 2. The highest BCUT2D eigenvalue weighted by Gasteiger charge is 2.27. The van der Waals surface area contributed by atoms with E-state index in [0.29, 0.717) is 17.0 Å². The van der Waals surface area contributed by atoms with Gasteiger partial charge < -0.3 is 19.9 Å². The number of aromatic nitrogens is 1. The summed E-state index contributed by atoms with van der Waals surface area (Å²) in [6, 6.07) is 12.0. The van der Waals surface area contributed by atoms with Crippen molar-refractivity contribution in [3.8, 4) is 11.8 Å². The Morgan fingerprint density at radius 3 is 2.68 bits per heavy atom. The number of rotatable bonds is 3. The van der Waals surface area contributed by atoms with Gasteiger partial charge in [-0.2, -0.15) is 5.26 Å². The molecule has 144 valence electrons. The topological polar surface area (TPSA) is 96.2 Å². The second kappa shape index (κ2) is 7.24. The fourth-order valence-corrected chi connectivity index (χ4v) is 3.05. The maximum absolute atomic E-state index is 12.5. The monoisotopic (exact) mass is 378 g/mol. The van der Waals surface area contributed by atoms with Gasteiger partial charge in [-0.15, -0.1) is 0 Å². The van der Waals surface area contributed by atoms with Crippen LogP contribution < -0.4 is 10.6 Å². The van der Waals surface area contributed by atoms with Gasteiger partial charge in [-0.25, -0.2) is 9.59 Å². The number of carbonyl (C=O) groups is 2. The van der Waals surface area contributed by atoms with E-state index < -0.39 is 17.6 Å². The first kappa shape index (κ1) is 19.2. The number of amides is 2. The number of nitrogens with one attached hydrogen (secondary N) is 2. The lowest BCUT2D eigenvalue weighted by Crippen LogP contribution is -2.43. The molecule has 2 amide bonds. The molecule has 1 atom stereocenters. The van der Waals surface area contributed by atoms with E-state index in [-0.39, 0.29) is 6.03 Å². The molecule has 1 unspecified atom stereocenters. The van der Waals surface area contributed by atoms with E-state index in [4.69, 9.17) is 4.74 Å². The molecule has 1 aromatic carbocycles. The van der Waals surface area contributed by atoms with Crippen LogP contribution in [0, 0.1) is 11.3 Å². The predicted octanol–water partition coefficient (Wildman–Crippen LogP) is 3.58. The third-order valence-electron chi connectivity index (χ3n) is 4.23. The summed E-state index contributed by atoms with van der Waals surface area (Å²) in [5.41, 5.74) is 2.23. The van der Waals surface area contributed by atoms with Crippen molar-refractivity contribution in [1.82, 2.24) is 15.2 Å². The molecule has 0 spiro atoms. The SMILES string of the molecule is CC1=C(C#N)C(c2cccc(-n3cccc3C(=O)OC(C)(C)C)c2)NC(=O)N1. The Kier molecular flexibility index (Phi) is 4.97. The van der Waals surface area contributed by atoms with Gasteiger partial charge in [0.2, 0.25) is 0 Å². The maximum atomic E-state index is 12.5. The molecule has 0 bridgehead atoms. The minimum absolute atomic E-state index is 0.359. The van der Waals surface area contributed by atoms with Crippen molar-refractivity contribution in [2.24, 2.45) is 0 Å². The normalized spacial score (nSPS) is 16.8. The number of esters is 1. The van der Waals surface area contributed by atoms with Crippen LogP contribution in [-0.2, 0) is 4.74 Å². The molecule has 0 radical (unpaired) electrons. The van der Waals surface area contributed by atoms with Crippen LogP contribution in [0.4, 0.5) is 4.79 Å². The van der Waals surface area contributed by atoms with Crippen LogP contribution in [0.25, 0.3) is 5.69 Å². The fourth-order valence-electron chi connectivity index (χ4n) is 3.05. The third kappa shape index (κ3) is 3.91. The number of nitrogens with zero attached hydrogens (tertiary/aromatic N) is 2. The van der Waals surface area contributed by atoms with E-state index in [0.717, 1.165) is 11.3 Å². The Balaban J connectivity index is 1.99. The van der Waals surface area contributed by atoms with Gasteiger partial charge in [-0.05, 0) is 57.5 Å². The minimum atomic E-state index is -0.600. The molecule has 7 nitrogen and oxygen atoms in total. The molecule has 2 aromatic rings. The molecule has 1 aromatic heterocycles. The second-order valence-electron chi connectivity index (χ2n) is 7.54. The largest absolute Gasteiger partial charge is 0.455 e. The first-order chi connectivity index (χ1) is 13.2. The first-order valence-corrected chi connectivity index (χ1v) is 8.89. The molecular weight excluding hydrogens is 356 g/mol. The Hall–Kier alpha value is -3.53. The summed E-state index contributed by atoms with van der Waals surface area (Å²) < 4.78 is 7.20. The molecule has 1 aliphatic rings. The molecule has 7 heteroatoms. The van der Waals surface area contributed by atoms with Crippen molar-refractivity contribution in [3.05, 3.63) is 65.1 Å². The summed E-state index contributed by atoms with van der Waals surface area (Å²) in [5, 5.41) is 14.9. The summed E-state index contributed by atoms with van der Waals surface area (Å²) in [6.07, 6.45) is 1.77. The van der Waals surface area contributed by atoms with Crippen molar-refractivity contribution in [2.75, 3.05) is 0 Å².